The molecule has 1 aliphatic rings. The minimum Gasteiger partial charge on any atom is -0.352 e. The van der Waals surface area contributed by atoms with Crippen LogP contribution in [0.25, 0.3) is 0 Å². The highest BCUT2D eigenvalue weighted by Gasteiger charge is 2.30. The Bertz CT molecular complexity index is 1550. The van der Waals surface area contributed by atoms with Gasteiger partial charge < -0.3 is 15.5 Å². The fraction of sp³-hybridized carbons (Fsp3) is 0.296. The zero-order valence-corrected chi connectivity index (χ0v) is 23.5. The van der Waals surface area contributed by atoms with Crippen LogP contribution in [0.1, 0.15) is 47.3 Å². The fourth-order valence-electron chi connectivity index (χ4n) is 4.51. The maximum absolute atomic E-state index is 13.7. The molecule has 2 aromatic carbocycles. The predicted octanol–water partition coefficient (Wildman–Crippen LogP) is 5.52. The van der Waals surface area contributed by atoms with E-state index in [-0.39, 0.29) is 39.6 Å². The number of piperidine rings is 1. The van der Waals surface area contributed by atoms with Crippen LogP contribution in [0.4, 0.5) is 25.0 Å². The first-order valence-electron chi connectivity index (χ1n) is 12.6. The number of carbonyl (C=O) groups is 2. The Kier molecular flexibility index (Phi) is 9.02. The lowest BCUT2D eigenvalue weighted by atomic mass is 9.89. The molecule has 1 aromatic heterocycles. The van der Waals surface area contributed by atoms with E-state index in [1.54, 1.807) is 30.9 Å². The van der Waals surface area contributed by atoms with Crippen LogP contribution in [-0.4, -0.2) is 45.7 Å². The molecule has 0 bridgehead atoms. The van der Waals surface area contributed by atoms with Crippen LogP contribution >= 0.6 is 11.6 Å². The Labute approximate surface area is 236 Å². The SMILES string of the molecule is CCNC(=O)N=S(N)(=O)c1cnc(C(=O)N2CCC(c3ccc(F)cc3)CC2)c(Nc2ccc(F)cc2C)c1Cl. The van der Waals surface area contributed by atoms with Gasteiger partial charge in [-0.1, -0.05) is 23.7 Å². The molecule has 1 saturated heterocycles. The third-order valence-electron chi connectivity index (χ3n) is 6.62. The second kappa shape index (κ2) is 12.3. The number of hydrogen-bond acceptors (Lipinski definition) is 5. The van der Waals surface area contributed by atoms with Crippen LogP contribution in [0.15, 0.2) is 57.9 Å². The smallest absolute Gasteiger partial charge is 0.350 e. The first-order valence-corrected chi connectivity index (χ1v) is 14.5. The third kappa shape index (κ3) is 6.57. The molecule has 3 aromatic rings. The van der Waals surface area contributed by atoms with E-state index in [0.29, 0.717) is 37.2 Å². The van der Waals surface area contributed by atoms with Crippen molar-refractivity contribution in [1.29, 1.82) is 0 Å². The highest BCUT2D eigenvalue weighted by Crippen LogP contribution is 2.36. The molecule has 1 unspecified atom stereocenters. The summed E-state index contributed by atoms with van der Waals surface area (Å²) in [4.78, 5) is 31.3. The number of anilines is 2. The van der Waals surface area contributed by atoms with Crippen molar-refractivity contribution in [3.8, 4) is 0 Å². The largest absolute Gasteiger partial charge is 0.352 e. The van der Waals surface area contributed by atoms with E-state index in [2.05, 4.69) is 20.0 Å². The van der Waals surface area contributed by atoms with Crippen molar-refractivity contribution < 1.29 is 22.6 Å². The van der Waals surface area contributed by atoms with E-state index in [9.17, 15) is 22.6 Å². The number of nitrogens with two attached hydrogens (primary N) is 1. The van der Waals surface area contributed by atoms with Crippen LogP contribution in [-0.2, 0) is 9.92 Å². The summed E-state index contributed by atoms with van der Waals surface area (Å²) in [6, 6.07) is 9.45. The Morgan fingerprint density at radius 3 is 2.42 bits per heavy atom. The number of pyridine rings is 1. The van der Waals surface area contributed by atoms with Crippen molar-refractivity contribution in [2.75, 3.05) is 25.0 Å². The van der Waals surface area contributed by atoms with Gasteiger partial charge in [-0.2, -0.15) is 0 Å². The van der Waals surface area contributed by atoms with Crippen LogP contribution in [0.5, 0.6) is 0 Å². The van der Waals surface area contributed by atoms with Gasteiger partial charge in [0.15, 0.2) is 5.69 Å². The molecule has 0 saturated carbocycles. The van der Waals surface area contributed by atoms with Crippen molar-refractivity contribution in [1.82, 2.24) is 15.2 Å². The number of halogens is 3. The lowest BCUT2D eigenvalue weighted by molar-refractivity contribution is 0.0708. The van der Waals surface area contributed by atoms with E-state index in [0.717, 1.165) is 11.8 Å². The molecular formula is C27H29ClF2N6O3S. The van der Waals surface area contributed by atoms with Crippen LogP contribution in [0, 0.1) is 18.6 Å². The lowest BCUT2D eigenvalue weighted by Crippen LogP contribution is -2.38. The maximum Gasteiger partial charge on any atom is 0.350 e. The zero-order chi connectivity index (χ0) is 29.0. The second-order valence-corrected chi connectivity index (χ2v) is 11.5. The topological polar surface area (TPSA) is 130 Å². The Morgan fingerprint density at radius 1 is 1.15 bits per heavy atom. The average molecular weight is 591 g/mol. The molecule has 9 nitrogen and oxygen atoms in total. The van der Waals surface area contributed by atoms with E-state index >= 15 is 0 Å². The molecule has 13 heteroatoms. The van der Waals surface area contributed by atoms with Gasteiger partial charge in [0.05, 0.1) is 10.7 Å². The first kappa shape index (κ1) is 29.4. The van der Waals surface area contributed by atoms with Gasteiger partial charge in [0.1, 0.15) is 26.4 Å². The van der Waals surface area contributed by atoms with Crippen LogP contribution in [0.2, 0.25) is 5.02 Å². The number of urea groups is 1. The predicted molar refractivity (Wildman–Crippen MR) is 150 cm³/mol. The van der Waals surface area contributed by atoms with E-state index in [1.165, 1.54) is 30.3 Å². The van der Waals surface area contributed by atoms with Gasteiger partial charge in [0, 0.05) is 31.5 Å². The molecule has 2 heterocycles. The van der Waals surface area contributed by atoms with Gasteiger partial charge in [-0.3, -0.25) is 4.79 Å². The van der Waals surface area contributed by atoms with Gasteiger partial charge in [-0.05, 0) is 74.1 Å². The summed E-state index contributed by atoms with van der Waals surface area (Å²) in [7, 11) is -3.84. The number of amides is 3. The summed E-state index contributed by atoms with van der Waals surface area (Å²) in [6.45, 7) is 4.39. The third-order valence-corrected chi connectivity index (χ3v) is 8.50. The van der Waals surface area contributed by atoms with Crippen molar-refractivity contribution in [2.45, 2.75) is 37.5 Å². The summed E-state index contributed by atoms with van der Waals surface area (Å²) in [5.41, 5.74) is 1.88. The van der Waals surface area contributed by atoms with Crippen LogP contribution < -0.4 is 15.8 Å². The van der Waals surface area contributed by atoms with E-state index < -0.39 is 27.7 Å². The lowest BCUT2D eigenvalue weighted by Gasteiger charge is -2.32. The van der Waals surface area contributed by atoms with Gasteiger partial charge in [0.2, 0.25) is 0 Å². The van der Waals surface area contributed by atoms with E-state index in [4.69, 9.17) is 16.7 Å². The summed E-state index contributed by atoms with van der Waals surface area (Å²) >= 11 is 6.66. The highest BCUT2D eigenvalue weighted by atomic mass is 35.5. The molecule has 212 valence electrons. The minimum absolute atomic E-state index is 0.00353. The van der Waals surface area contributed by atoms with Crippen molar-refractivity contribution in [2.24, 2.45) is 9.50 Å². The van der Waals surface area contributed by atoms with Crippen LogP contribution in [0.3, 0.4) is 0 Å². The molecule has 0 spiro atoms. The molecule has 1 fully saturated rings. The normalized spacial score (nSPS) is 15.3. The minimum atomic E-state index is -3.84. The number of hydrogen-bond donors (Lipinski definition) is 3. The number of carbonyl (C=O) groups excluding carboxylic acids is 2. The number of nitrogens with one attached hydrogen (secondary N) is 2. The maximum atomic E-state index is 13.7. The molecule has 0 aliphatic carbocycles. The highest BCUT2D eigenvalue weighted by molar-refractivity contribution is 7.91. The van der Waals surface area contributed by atoms with Gasteiger partial charge >= 0.3 is 6.03 Å². The molecule has 4 N–H and O–H groups in total. The second-order valence-electron chi connectivity index (χ2n) is 9.36. The molecule has 4 rings (SSSR count). The number of aromatic nitrogens is 1. The van der Waals surface area contributed by atoms with Crippen molar-refractivity contribution >= 4 is 44.8 Å². The van der Waals surface area contributed by atoms with Crippen molar-refractivity contribution in [3.05, 3.63) is 82.1 Å². The standard InChI is InChI=1S/C27H29ClF2N6O3S/c1-3-32-27(38)35-40(31,39)22-15-33-25(24(23(22)28)34-21-9-8-20(30)14-16(21)2)26(37)36-12-10-18(11-13-36)17-4-6-19(29)7-5-17/h4-9,14-15,18,34H,3,10-13H2,1-2H3,(H3,31,32,35,38,39). The Morgan fingerprint density at radius 2 is 1.80 bits per heavy atom. The van der Waals surface area contributed by atoms with Gasteiger partial charge in [0.25, 0.3) is 5.91 Å². The molecular weight excluding hydrogens is 562 g/mol. The molecule has 1 atom stereocenters. The van der Waals surface area contributed by atoms with Gasteiger partial charge in [-0.25, -0.2) is 27.9 Å². The summed E-state index contributed by atoms with van der Waals surface area (Å²) in [5, 5.41) is 11.1. The zero-order valence-electron chi connectivity index (χ0n) is 21.9. The molecule has 1 aliphatic heterocycles. The van der Waals surface area contributed by atoms with Gasteiger partial charge in [-0.15, -0.1) is 4.36 Å². The number of likely N-dealkylation sites (tertiary alicyclic amines) is 1. The number of rotatable bonds is 6. The number of nitrogens with zero attached hydrogens (tertiary/aromatic N) is 3. The van der Waals surface area contributed by atoms with Crippen molar-refractivity contribution in [3.63, 3.8) is 0 Å². The molecule has 3 amide bonds. The average Bonchev–Trinajstić information content (AvgIpc) is 2.91. The summed E-state index contributed by atoms with van der Waals surface area (Å²) in [6.07, 6.45) is 2.39. The quantitative estimate of drug-likeness (QED) is 0.348. The number of benzene rings is 2. The first-order chi connectivity index (χ1) is 19.0. The van der Waals surface area contributed by atoms with E-state index in [1.807, 2.05) is 0 Å². The fourth-order valence-corrected chi connectivity index (χ4v) is 6.00. The Hall–Kier alpha value is -3.61. The summed E-state index contributed by atoms with van der Waals surface area (Å²) in [5.74, 6) is -1.02. The molecule has 0 radical (unpaired) electrons. The summed E-state index contributed by atoms with van der Waals surface area (Å²) < 4.78 is 43.8. The molecule has 40 heavy (non-hydrogen) atoms. The number of aryl methyl sites for hydroxylation is 1. The monoisotopic (exact) mass is 590 g/mol. The Balaban J connectivity index is 1.69.